The second kappa shape index (κ2) is 16.6. The number of nitrogens with zero attached hydrogens (tertiary/aromatic N) is 6. The molecule has 8 nitrogen and oxygen atoms in total. The average molecular weight is 545 g/mol. The molecular weight excluding hydrogens is 506 g/mol. The Morgan fingerprint density at radius 3 is 2.51 bits per heavy atom. The van der Waals surface area contributed by atoms with Crippen molar-refractivity contribution in [3.63, 3.8) is 0 Å². The largest absolute Gasteiger partial charge is 0.400 e. The highest BCUT2D eigenvalue weighted by Gasteiger charge is 2.35. The maximum atomic E-state index is 7.51. The Morgan fingerprint density at radius 1 is 1.20 bits per heavy atom. The smallest absolute Gasteiger partial charge is 0.203 e. The van der Waals surface area contributed by atoms with Crippen LogP contribution in [0.5, 0.6) is 0 Å². The molecule has 0 amide bonds. The first kappa shape index (κ1) is 30.1. The van der Waals surface area contributed by atoms with E-state index in [1.165, 1.54) is 11.9 Å². The Morgan fingerprint density at radius 2 is 1.89 bits per heavy atom. The van der Waals surface area contributed by atoms with E-state index in [-0.39, 0.29) is 0 Å². The van der Waals surface area contributed by atoms with Crippen LogP contribution >= 0.6 is 15.9 Å². The summed E-state index contributed by atoms with van der Waals surface area (Å²) in [6, 6.07) is 7.69. The zero-order valence-electron chi connectivity index (χ0n) is 21.7. The van der Waals surface area contributed by atoms with Crippen molar-refractivity contribution in [2.75, 3.05) is 31.6 Å². The molecular formula is C26H38BrN7O. The summed E-state index contributed by atoms with van der Waals surface area (Å²) in [7, 11) is 1.00. The van der Waals surface area contributed by atoms with Crippen LogP contribution in [0.1, 0.15) is 52.3 Å². The highest BCUT2D eigenvalue weighted by Crippen LogP contribution is 2.32. The summed E-state index contributed by atoms with van der Waals surface area (Å²) in [6.07, 6.45) is 4.30. The van der Waals surface area contributed by atoms with Crippen LogP contribution < -0.4 is 4.90 Å². The molecule has 2 aromatic rings. The van der Waals surface area contributed by atoms with Crippen LogP contribution in [0.15, 0.2) is 39.0 Å². The number of nitrogens with one attached hydrogen (secondary N) is 1. The first-order chi connectivity index (χ1) is 17.1. The summed E-state index contributed by atoms with van der Waals surface area (Å²) >= 11 is 3.61. The van der Waals surface area contributed by atoms with E-state index in [1.54, 1.807) is 0 Å². The van der Waals surface area contributed by atoms with Gasteiger partial charge in [0.25, 0.3) is 0 Å². The van der Waals surface area contributed by atoms with E-state index >= 15 is 0 Å². The first-order valence-electron chi connectivity index (χ1n) is 11.9. The third-order valence-electron chi connectivity index (χ3n) is 5.02. The molecule has 0 aliphatic carbocycles. The van der Waals surface area contributed by atoms with Crippen LogP contribution in [0.3, 0.4) is 0 Å². The number of hydrogen-bond donors (Lipinski definition) is 2. The van der Waals surface area contributed by atoms with Gasteiger partial charge < -0.3 is 20.0 Å². The van der Waals surface area contributed by atoms with Gasteiger partial charge in [-0.3, -0.25) is 14.9 Å². The third-order valence-corrected chi connectivity index (χ3v) is 5.63. The van der Waals surface area contributed by atoms with E-state index in [2.05, 4.69) is 59.0 Å². The lowest BCUT2D eigenvalue weighted by Gasteiger charge is -2.34. The summed E-state index contributed by atoms with van der Waals surface area (Å²) in [5.41, 5.74) is 2.85. The van der Waals surface area contributed by atoms with Crippen molar-refractivity contribution in [3.05, 3.63) is 40.3 Å². The van der Waals surface area contributed by atoms with Crippen LogP contribution in [-0.4, -0.2) is 64.7 Å². The molecule has 2 aliphatic heterocycles. The summed E-state index contributed by atoms with van der Waals surface area (Å²) in [5.74, 6) is 7.36. The highest BCUT2D eigenvalue weighted by atomic mass is 79.9. The van der Waals surface area contributed by atoms with Crippen LogP contribution in [0.25, 0.3) is 0 Å². The van der Waals surface area contributed by atoms with E-state index in [4.69, 9.17) is 15.5 Å². The van der Waals surface area contributed by atoms with Crippen molar-refractivity contribution in [2.45, 2.75) is 54.1 Å². The second-order valence-corrected chi connectivity index (χ2v) is 7.74. The first-order valence-corrected chi connectivity index (χ1v) is 12.7. The van der Waals surface area contributed by atoms with Crippen molar-refractivity contribution >= 4 is 45.8 Å². The number of guanidine groups is 1. The van der Waals surface area contributed by atoms with Crippen molar-refractivity contribution in [1.29, 1.82) is 5.41 Å². The summed E-state index contributed by atoms with van der Waals surface area (Å²) in [6.45, 7) is 13.8. The lowest BCUT2D eigenvalue weighted by atomic mass is 10.2. The van der Waals surface area contributed by atoms with Gasteiger partial charge in [0.05, 0.1) is 31.0 Å². The molecule has 4 rings (SSSR count). The Balaban J connectivity index is 0.000000684. The lowest BCUT2D eigenvalue weighted by molar-refractivity contribution is 0.399. The number of aliphatic hydroxyl groups is 1. The van der Waals surface area contributed by atoms with Crippen LogP contribution in [0.2, 0.25) is 0 Å². The van der Waals surface area contributed by atoms with Crippen LogP contribution in [0.4, 0.5) is 11.5 Å². The van der Waals surface area contributed by atoms with E-state index < -0.39 is 0 Å². The molecule has 0 fully saturated rings. The minimum Gasteiger partial charge on any atom is -0.400 e. The fourth-order valence-corrected chi connectivity index (χ4v) is 4.10. The standard InChI is InChI=1S/C19H22BrN7.C4H6.C2H6.CH4O/c1-2-9-26-16-13-25(10-7-22-15-6-4-3-5-14(15)12-21)19-23-8-11-27(19)17(16)24-18(26)20;1-3-4-2;2*1-2/h3-7,12,21H,2,8-11,13H2,1H3;1-2H3;1-2H3;2H,1H3. The summed E-state index contributed by atoms with van der Waals surface area (Å²) < 4.78 is 3.13. The van der Waals surface area contributed by atoms with Crippen LogP contribution in [-0.2, 0) is 13.1 Å². The van der Waals surface area contributed by atoms with Gasteiger partial charge in [0, 0.05) is 38.2 Å². The number of imidazole rings is 1. The van der Waals surface area contributed by atoms with E-state index in [0.717, 1.165) is 67.5 Å². The van der Waals surface area contributed by atoms with Gasteiger partial charge in [-0.1, -0.05) is 39.0 Å². The molecule has 0 unspecified atom stereocenters. The van der Waals surface area contributed by atoms with Crippen molar-refractivity contribution in [2.24, 2.45) is 9.98 Å². The topological polar surface area (TPSA) is 93.1 Å². The number of anilines is 1. The summed E-state index contributed by atoms with van der Waals surface area (Å²) in [5, 5.41) is 14.5. The molecule has 9 heteroatoms. The Labute approximate surface area is 218 Å². The summed E-state index contributed by atoms with van der Waals surface area (Å²) in [4.78, 5) is 18.5. The molecule has 0 spiro atoms. The average Bonchev–Trinajstić information content (AvgIpc) is 3.52. The molecule has 35 heavy (non-hydrogen) atoms. The number of aromatic nitrogens is 2. The zero-order valence-corrected chi connectivity index (χ0v) is 23.3. The minimum atomic E-state index is 0.663. The van der Waals surface area contributed by atoms with Crippen molar-refractivity contribution < 1.29 is 5.11 Å². The van der Waals surface area contributed by atoms with Gasteiger partial charge in [0.1, 0.15) is 0 Å². The molecule has 190 valence electrons. The van der Waals surface area contributed by atoms with E-state index in [9.17, 15) is 0 Å². The van der Waals surface area contributed by atoms with Gasteiger partial charge in [0.15, 0.2) is 10.6 Å². The molecule has 2 aliphatic rings. The van der Waals surface area contributed by atoms with Crippen molar-refractivity contribution in [1.82, 2.24) is 14.5 Å². The normalized spacial score (nSPS) is 13.0. The number of benzene rings is 1. The highest BCUT2D eigenvalue weighted by molar-refractivity contribution is 9.10. The predicted octanol–water partition coefficient (Wildman–Crippen LogP) is 5.11. The van der Waals surface area contributed by atoms with Gasteiger partial charge in [-0.05, 0) is 42.3 Å². The Hall–Kier alpha value is -2.96. The molecule has 1 aromatic carbocycles. The molecule has 0 saturated carbocycles. The Kier molecular flexibility index (Phi) is 14.3. The number of hydrogen-bond acceptors (Lipinski definition) is 7. The van der Waals surface area contributed by atoms with Crippen LogP contribution in [0, 0.1) is 17.3 Å². The molecule has 1 aromatic heterocycles. The monoisotopic (exact) mass is 543 g/mol. The molecule has 0 saturated heterocycles. The third kappa shape index (κ3) is 7.77. The number of fused-ring (bicyclic) bond motifs is 3. The Bertz CT molecular complexity index is 1040. The molecule has 0 atom stereocenters. The van der Waals surface area contributed by atoms with Gasteiger partial charge in [-0.2, -0.15) is 0 Å². The van der Waals surface area contributed by atoms with E-state index in [1.807, 2.05) is 58.2 Å². The quantitative estimate of drug-likeness (QED) is 0.391. The van der Waals surface area contributed by atoms with Gasteiger partial charge in [-0.25, -0.2) is 4.98 Å². The lowest BCUT2D eigenvalue weighted by Crippen LogP contribution is -2.47. The van der Waals surface area contributed by atoms with Gasteiger partial charge in [-0.15, -0.1) is 11.8 Å². The fourth-order valence-electron chi connectivity index (χ4n) is 3.54. The maximum absolute atomic E-state index is 7.51. The maximum Gasteiger partial charge on any atom is 0.203 e. The second-order valence-electron chi connectivity index (χ2n) is 7.03. The van der Waals surface area contributed by atoms with Crippen molar-refractivity contribution in [3.8, 4) is 11.8 Å². The molecule has 0 radical (unpaired) electrons. The molecule has 0 bridgehead atoms. The zero-order chi connectivity index (χ0) is 26.2. The van der Waals surface area contributed by atoms with E-state index in [0.29, 0.717) is 6.54 Å². The predicted molar refractivity (Wildman–Crippen MR) is 151 cm³/mol. The number of rotatable bonds is 6. The minimum absolute atomic E-state index is 0.663. The fraction of sp³-hybridized carbons (Fsp3) is 0.462. The molecule has 3 heterocycles. The molecule has 2 N–H and O–H groups in total. The number of para-hydroxylation sites is 1. The number of halogens is 1. The van der Waals surface area contributed by atoms with Gasteiger partial charge in [0.2, 0.25) is 5.96 Å². The SMILES string of the molecule is CC.CC#CC.CCCn1c(Br)nc2c1CN(CC=Nc1ccccc1C=N)C1=NCCN12.CO. The number of aliphatic imine (C=N–C) groups is 2. The van der Waals surface area contributed by atoms with Gasteiger partial charge >= 0.3 is 0 Å². The number of aliphatic hydroxyl groups excluding tert-OH is 1.